The number of benzene rings is 1. The Labute approximate surface area is 555 Å². The Balaban J connectivity index is 1.28. The second kappa shape index (κ2) is 42.4. The van der Waals surface area contributed by atoms with E-state index in [4.69, 9.17) is 14.9 Å². The van der Waals surface area contributed by atoms with E-state index in [1.165, 1.54) is 10.8 Å². The molecule has 4 atom stereocenters. The van der Waals surface area contributed by atoms with E-state index in [-0.39, 0.29) is 122 Å². The van der Waals surface area contributed by atoms with E-state index in [1.54, 1.807) is 20.9 Å². The van der Waals surface area contributed by atoms with Crippen molar-refractivity contribution >= 4 is 77.2 Å². The van der Waals surface area contributed by atoms with Gasteiger partial charge in [0.05, 0.1) is 38.4 Å². The monoisotopic (exact) mass is 1360 g/mol. The summed E-state index contributed by atoms with van der Waals surface area (Å²) in [5.74, 6) is -9.94. The van der Waals surface area contributed by atoms with Crippen molar-refractivity contribution in [2.75, 3.05) is 125 Å². The molecule has 35 heteroatoms. The van der Waals surface area contributed by atoms with Crippen molar-refractivity contribution < 1.29 is 103 Å². The summed E-state index contributed by atoms with van der Waals surface area (Å²) in [6, 6.07) is 3.58. The predicted molar refractivity (Wildman–Crippen MR) is 341 cm³/mol. The average molecular weight is 1360 g/mol. The van der Waals surface area contributed by atoms with Crippen LogP contribution in [0.5, 0.6) is 5.75 Å². The Morgan fingerprint density at radius 2 is 1.11 bits per heavy atom. The van der Waals surface area contributed by atoms with Crippen LogP contribution < -0.4 is 26.0 Å². The molecule has 534 valence electrons. The molecule has 1 aromatic heterocycles. The van der Waals surface area contributed by atoms with Gasteiger partial charge in [-0.1, -0.05) is 25.5 Å². The minimum atomic E-state index is -1.54. The van der Waals surface area contributed by atoms with Crippen LogP contribution in [0.2, 0.25) is 0 Å². The molecule has 0 spiro atoms. The standard InChI is InChI=1S/C61H94N14O21/c1-42-31-44(67-68(2)48(42)10-8-19-64-51(77)34-69-23-25-70(36-54(81)82)27-29-72(38-56(85)86)30-28-71(26-24-69)37-55(83)84)41-96-45-14-12-43(13-15-45)32-73(33-49-62-20-22-74(49)35-52(78)75(39-57(87)88)40-58(89)90)21-7-3-4-11-50(76)63-18-6-5-9-46(59(91)92)65-61(95)66-47(60(93)94)16-17-53(79)80/h12-15,20,22,42,46-48H,3-11,16-19,21,23-41H2,1-2H3,(H,63,76)(H,64,77)(H,79,80)(H,81,82)(H,83,84)(H,85,86)(H,87,88)(H,89,90)(H,91,92)(H,93,94)(H2,65,66,95). The molecule has 35 nitrogen and oxygen atoms in total. The zero-order valence-electron chi connectivity index (χ0n) is 54.5. The summed E-state index contributed by atoms with van der Waals surface area (Å²) in [5, 5.41) is 91.8. The smallest absolute Gasteiger partial charge is 0.326 e. The number of amides is 5. The van der Waals surface area contributed by atoms with Crippen LogP contribution in [-0.4, -0.2) is 305 Å². The fraction of sp³-hybridized carbons (Fsp3) is 0.639. The van der Waals surface area contributed by atoms with Gasteiger partial charge in [0.2, 0.25) is 17.7 Å². The molecule has 96 heavy (non-hydrogen) atoms. The van der Waals surface area contributed by atoms with E-state index in [0.29, 0.717) is 95.9 Å². The van der Waals surface area contributed by atoms with Gasteiger partial charge < -0.3 is 76.3 Å². The molecule has 3 heterocycles. The zero-order valence-corrected chi connectivity index (χ0v) is 54.5. The third-order valence-corrected chi connectivity index (χ3v) is 16.1. The third kappa shape index (κ3) is 32.4. The molecule has 2 aromatic rings. The van der Waals surface area contributed by atoms with E-state index in [2.05, 4.69) is 38.1 Å². The summed E-state index contributed by atoms with van der Waals surface area (Å²) in [6.45, 7) is 3.65. The lowest BCUT2D eigenvalue weighted by atomic mass is 9.90. The molecule has 4 rings (SSSR count). The molecule has 2 aliphatic heterocycles. The van der Waals surface area contributed by atoms with Crippen LogP contribution in [0.25, 0.3) is 0 Å². The van der Waals surface area contributed by atoms with Crippen molar-refractivity contribution in [2.45, 2.75) is 122 Å². The van der Waals surface area contributed by atoms with E-state index < -0.39 is 97.7 Å². The first-order valence-corrected chi connectivity index (χ1v) is 31.9. The Morgan fingerprint density at radius 1 is 0.583 bits per heavy atom. The molecule has 0 aliphatic carbocycles. The number of nitrogens with one attached hydrogen (secondary N) is 4. The number of carbonyl (C=O) groups excluding carboxylic acids is 4. The Kier molecular flexibility index (Phi) is 35.1. The van der Waals surface area contributed by atoms with Crippen molar-refractivity contribution in [1.82, 2.24) is 65.2 Å². The second-order valence-corrected chi connectivity index (χ2v) is 23.9. The number of carboxylic acid groups (broad SMARTS) is 8. The molecule has 1 aromatic carbocycles. The highest BCUT2D eigenvalue weighted by molar-refractivity contribution is 5.88. The number of aliphatic carboxylic acids is 8. The number of carbonyl (C=O) groups is 12. The van der Waals surface area contributed by atoms with E-state index in [1.807, 2.05) is 41.2 Å². The topological polar surface area (TPSA) is 477 Å². The van der Waals surface area contributed by atoms with Crippen molar-refractivity contribution in [1.29, 1.82) is 0 Å². The normalized spacial score (nSPS) is 16.7. The number of aromatic nitrogens is 2. The largest absolute Gasteiger partial charge is 0.488 e. The number of carboxylic acids is 8. The summed E-state index contributed by atoms with van der Waals surface area (Å²) < 4.78 is 7.74. The predicted octanol–water partition coefficient (Wildman–Crippen LogP) is -0.753. The highest BCUT2D eigenvalue weighted by Gasteiger charge is 2.30. The number of nitrogens with zero attached hydrogens (tertiary/aromatic N) is 10. The van der Waals surface area contributed by atoms with Gasteiger partial charge in [0.1, 0.15) is 49.9 Å². The molecule has 2 aliphatic rings. The Bertz CT molecular complexity index is 2890. The summed E-state index contributed by atoms with van der Waals surface area (Å²) in [5.41, 5.74) is 1.74. The molecule has 4 unspecified atom stereocenters. The van der Waals surface area contributed by atoms with Crippen molar-refractivity contribution in [3.05, 3.63) is 48.0 Å². The van der Waals surface area contributed by atoms with Crippen LogP contribution in [0.3, 0.4) is 0 Å². The van der Waals surface area contributed by atoms with E-state index >= 15 is 0 Å². The zero-order chi connectivity index (χ0) is 70.7. The molecular formula is C61H94N14O21. The first-order chi connectivity index (χ1) is 45.6. The number of ether oxygens (including phenoxy) is 1. The average Bonchev–Trinajstić information content (AvgIpc) is 0.931. The number of hydrogen-bond acceptors (Lipinski definition) is 21. The van der Waals surface area contributed by atoms with Crippen LogP contribution in [0.15, 0.2) is 41.8 Å². The molecule has 5 amide bonds. The minimum absolute atomic E-state index is 0.0107. The molecule has 0 radical (unpaired) electrons. The summed E-state index contributed by atoms with van der Waals surface area (Å²) in [6.07, 6.45) is 6.74. The van der Waals surface area contributed by atoms with Crippen LogP contribution in [-0.2, 0) is 72.4 Å². The molecule has 0 bridgehead atoms. The number of hydrazone groups is 1. The number of unbranched alkanes of at least 4 members (excludes halogenated alkanes) is 3. The van der Waals surface area contributed by atoms with Gasteiger partial charge in [0.25, 0.3) is 0 Å². The van der Waals surface area contributed by atoms with Gasteiger partial charge in [-0.2, -0.15) is 5.10 Å². The number of rotatable bonds is 43. The lowest BCUT2D eigenvalue weighted by molar-refractivity contribution is -0.149. The Morgan fingerprint density at radius 3 is 1.64 bits per heavy atom. The number of hydrogen-bond donors (Lipinski definition) is 12. The van der Waals surface area contributed by atoms with E-state index in [9.17, 15) is 93.3 Å². The van der Waals surface area contributed by atoms with Crippen molar-refractivity contribution in [3.8, 4) is 5.75 Å². The fourth-order valence-electron chi connectivity index (χ4n) is 11.1. The second-order valence-electron chi connectivity index (χ2n) is 23.9. The van der Waals surface area contributed by atoms with Crippen LogP contribution in [0, 0.1) is 5.92 Å². The number of urea groups is 1. The molecule has 12 N–H and O–H groups in total. The summed E-state index contributed by atoms with van der Waals surface area (Å²) >= 11 is 0. The van der Waals surface area contributed by atoms with Gasteiger partial charge in [0.15, 0.2) is 0 Å². The SMILES string of the molecule is CC1CC(COc2ccc(CN(CCCCCC(=O)NCCCCC(NC(=O)NC(CCC(=O)O)C(=O)O)C(=O)O)Cc3nccn3CC(=O)N(CC(=O)O)CC(=O)O)cc2)=NN(C)C1CCCNC(=O)CN1CCN(CC(=O)O)CCN(CC(=O)O)CCN(CC(=O)O)CC1. The van der Waals surface area contributed by atoms with Gasteiger partial charge >= 0.3 is 53.8 Å². The molecule has 1 fully saturated rings. The maximum Gasteiger partial charge on any atom is 0.326 e. The van der Waals surface area contributed by atoms with Gasteiger partial charge in [-0.3, -0.25) is 72.7 Å². The molecule has 0 saturated carbocycles. The maximum absolute atomic E-state index is 13.3. The minimum Gasteiger partial charge on any atom is -0.488 e. The highest BCUT2D eigenvalue weighted by Crippen LogP contribution is 2.25. The van der Waals surface area contributed by atoms with Gasteiger partial charge in [-0.25, -0.2) is 19.4 Å². The fourth-order valence-corrected chi connectivity index (χ4v) is 11.1. The summed E-state index contributed by atoms with van der Waals surface area (Å²) in [7, 11) is 1.90. The highest BCUT2D eigenvalue weighted by atomic mass is 16.5. The van der Waals surface area contributed by atoms with Gasteiger partial charge in [-0.05, 0) is 87.9 Å². The maximum atomic E-state index is 13.3. The van der Waals surface area contributed by atoms with Crippen LogP contribution in [0.1, 0.15) is 95.4 Å². The first-order valence-electron chi connectivity index (χ1n) is 31.9. The van der Waals surface area contributed by atoms with Crippen molar-refractivity contribution in [3.63, 3.8) is 0 Å². The van der Waals surface area contributed by atoms with Crippen molar-refractivity contribution in [2.24, 2.45) is 11.0 Å². The third-order valence-electron chi connectivity index (χ3n) is 16.1. The lowest BCUT2D eigenvalue weighted by Gasteiger charge is -2.36. The quantitative estimate of drug-likeness (QED) is 0.0363. The Hall–Kier alpha value is -9.06. The number of imidazole rings is 1. The summed E-state index contributed by atoms with van der Waals surface area (Å²) in [4.78, 5) is 158. The van der Waals surface area contributed by atoms with Gasteiger partial charge in [0, 0.05) is 110 Å². The van der Waals surface area contributed by atoms with Crippen LogP contribution >= 0.6 is 0 Å². The van der Waals surface area contributed by atoms with Gasteiger partial charge in [-0.15, -0.1) is 0 Å². The molecular weight excluding hydrogens is 1260 g/mol. The first kappa shape index (κ1) is 79.4. The molecule has 1 saturated heterocycles. The lowest BCUT2D eigenvalue weighted by Crippen LogP contribution is -2.51. The van der Waals surface area contributed by atoms with E-state index in [0.717, 1.165) is 22.6 Å². The van der Waals surface area contributed by atoms with Crippen LogP contribution in [0.4, 0.5) is 4.79 Å².